The number of carbonyl (C=O) groups excluding carboxylic acids is 2. The maximum Gasteiger partial charge on any atom is 1.00 e. The molecule has 0 aliphatic carbocycles. The van der Waals surface area contributed by atoms with Crippen LogP contribution < -0.4 is 34.7 Å². The Hall–Kier alpha value is -0.990. The largest absolute Gasteiger partial charge is 1.00 e. The number of aliphatic carboxylic acids is 1. The van der Waals surface area contributed by atoms with Crippen LogP contribution in [0.3, 0.4) is 0 Å². The van der Waals surface area contributed by atoms with Crippen LogP contribution in [0.15, 0.2) is 38.6 Å². The van der Waals surface area contributed by atoms with Gasteiger partial charge in [0.05, 0.1) is 21.9 Å². The van der Waals surface area contributed by atoms with Crippen LogP contribution >= 0.6 is 23.1 Å². The van der Waals surface area contributed by atoms with Crippen LogP contribution in [0.2, 0.25) is 0 Å². The van der Waals surface area contributed by atoms with Gasteiger partial charge in [-0.3, -0.25) is 9.69 Å². The van der Waals surface area contributed by atoms with E-state index < -0.39 is 5.97 Å². The number of carboxylic acid groups (broad SMARTS) is 1. The molecule has 4 rings (SSSR count). The molecule has 2 aliphatic rings. The summed E-state index contributed by atoms with van der Waals surface area (Å²) in [5.41, 5.74) is 1.27. The summed E-state index contributed by atoms with van der Waals surface area (Å²) in [5.74, 6) is -1.03. The zero-order chi connectivity index (χ0) is 13.9. The van der Waals surface area contributed by atoms with Crippen molar-refractivity contribution in [3.8, 4) is 0 Å². The zero-order valence-corrected chi connectivity index (χ0v) is 14.5. The van der Waals surface area contributed by atoms with Gasteiger partial charge in [0, 0.05) is 6.07 Å². The summed E-state index contributed by atoms with van der Waals surface area (Å²) >= 11 is 2.85. The van der Waals surface area contributed by atoms with Gasteiger partial charge in [-0.05, 0) is 22.9 Å². The smallest absolute Gasteiger partial charge is 0.543 e. The van der Waals surface area contributed by atoms with Crippen molar-refractivity contribution < 1.29 is 48.7 Å². The van der Waals surface area contributed by atoms with E-state index in [-0.39, 0.29) is 46.5 Å². The van der Waals surface area contributed by atoms with Crippen molar-refractivity contribution in [2.24, 2.45) is 0 Å². The van der Waals surface area contributed by atoms with E-state index in [4.69, 9.17) is 4.42 Å². The van der Waals surface area contributed by atoms with E-state index in [0.717, 1.165) is 10.3 Å². The van der Waals surface area contributed by atoms with Crippen molar-refractivity contribution in [3.63, 3.8) is 0 Å². The van der Waals surface area contributed by atoms with Gasteiger partial charge in [0.25, 0.3) is 5.91 Å². The summed E-state index contributed by atoms with van der Waals surface area (Å²) in [7, 11) is 0. The van der Waals surface area contributed by atoms with Gasteiger partial charge < -0.3 is 14.3 Å². The third-order valence-electron chi connectivity index (χ3n) is 3.20. The number of fused-ring (bicyclic) bond motifs is 2. The first-order valence-electron chi connectivity index (χ1n) is 5.74. The van der Waals surface area contributed by atoms with E-state index in [2.05, 4.69) is 0 Å². The zero-order valence-electron chi connectivity index (χ0n) is 10.9. The number of carbonyl (C=O) groups is 2. The molecule has 2 aliphatic heterocycles. The number of rotatable bonds is 2. The molecule has 0 unspecified atom stereocenters. The molecule has 8 heteroatoms. The average Bonchev–Trinajstić information content (AvgIpc) is 3.07. The number of furan rings is 1. The molecular weight excluding hydrogens is 321 g/mol. The van der Waals surface area contributed by atoms with Crippen LogP contribution in [-0.2, 0) is 9.59 Å². The van der Waals surface area contributed by atoms with E-state index in [1.54, 1.807) is 17.4 Å². The molecule has 0 bridgehead atoms. The number of hydrogen-bond acceptors (Lipinski definition) is 6. The molecule has 2 aromatic heterocycles. The Labute approximate surface area is 149 Å². The van der Waals surface area contributed by atoms with Crippen LogP contribution in [0.5, 0.6) is 0 Å². The summed E-state index contributed by atoms with van der Waals surface area (Å²) in [4.78, 5) is 24.1. The maximum atomic E-state index is 12.0. The van der Waals surface area contributed by atoms with Crippen molar-refractivity contribution in [3.05, 3.63) is 40.0 Å². The molecule has 1 fully saturated rings. The number of nitrogens with zero attached hydrogens (tertiary/aromatic N) is 1. The first-order valence-corrected chi connectivity index (χ1v) is 7.56. The summed E-state index contributed by atoms with van der Waals surface area (Å²) < 4.78 is 6.62. The molecule has 4 heterocycles. The first-order chi connectivity index (χ1) is 9.65. The van der Waals surface area contributed by atoms with Crippen molar-refractivity contribution in [1.82, 2.24) is 4.90 Å². The average molecular weight is 327 g/mol. The molecule has 21 heavy (non-hydrogen) atoms. The molecule has 100 valence electrons. The van der Waals surface area contributed by atoms with E-state index in [9.17, 15) is 14.7 Å². The van der Waals surface area contributed by atoms with Gasteiger partial charge in [-0.15, -0.1) is 23.1 Å². The van der Waals surface area contributed by atoms with Crippen LogP contribution in [-0.4, -0.2) is 22.2 Å². The summed E-state index contributed by atoms with van der Waals surface area (Å²) in [6.07, 6.45) is 1.68. The maximum absolute atomic E-state index is 12.0. The molecular formula is C13H6NNaO4S2. The van der Waals surface area contributed by atoms with E-state index in [0.29, 0.717) is 11.3 Å². The van der Waals surface area contributed by atoms with Gasteiger partial charge in [-0.25, -0.2) is 0 Å². The number of thiophene rings is 1. The summed E-state index contributed by atoms with van der Waals surface area (Å²) in [5, 5.41) is 14.0. The molecule has 0 saturated carbocycles. The minimum Gasteiger partial charge on any atom is -0.543 e. The Kier molecular flexibility index (Phi) is 3.79. The molecule has 1 atom stereocenters. The van der Waals surface area contributed by atoms with Gasteiger partial charge in [0.1, 0.15) is 16.7 Å². The second-order valence-corrected chi connectivity index (χ2v) is 6.25. The number of hydrogen-bond donors (Lipinski definition) is 0. The Balaban J connectivity index is 0.00000132. The molecule has 0 N–H and O–H groups in total. The van der Waals surface area contributed by atoms with Crippen LogP contribution in [0, 0.1) is 0 Å². The van der Waals surface area contributed by atoms with E-state index >= 15 is 0 Å². The van der Waals surface area contributed by atoms with Crippen molar-refractivity contribution in [2.75, 3.05) is 0 Å². The number of amides is 1. The van der Waals surface area contributed by atoms with E-state index in [1.807, 2.05) is 17.5 Å². The number of carboxylic acids is 1. The third-order valence-corrected chi connectivity index (χ3v) is 5.13. The molecule has 2 aromatic rings. The first kappa shape index (κ1) is 14.9. The monoisotopic (exact) mass is 327 g/mol. The normalized spacial score (nSPS) is 22.0. The minimum atomic E-state index is -1.33. The fourth-order valence-corrected chi connectivity index (χ4v) is 4.13. The van der Waals surface area contributed by atoms with Crippen LogP contribution in [0.4, 0.5) is 0 Å². The van der Waals surface area contributed by atoms with Crippen LogP contribution in [0.25, 0.3) is 16.4 Å². The fourth-order valence-electron chi connectivity index (χ4n) is 2.27. The summed E-state index contributed by atoms with van der Waals surface area (Å²) in [6.45, 7) is 0. The molecule has 0 radical (unpaired) electrons. The van der Waals surface area contributed by atoms with Gasteiger partial charge in [-0.1, -0.05) is 0 Å². The van der Waals surface area contributed by atoms with Crippen LogP contribution in [0.1, 0.15) is 5.76 Å². The second-order valence-electron chi connectivity index (χ2n) is 4.35. The Morgan fingerprint density at radius 3 is 3.00 bits per heavy atom. The molecule has 1 saturated heterocycles. The summed E-state index contributed by atoms with van der Waals surface area (Å²) in [6, 6.07) is 3.74. The van der Waals surface area contributed by atoms with Gasteiger partial charge >= 0.3 is 29.6 Å². The fraction of sp³-hybridized carbons (Fsp3) is 0.0769. The quantitative estimate of drug-likeness (QED) is 0.377. The van der Waals surface area contributed by atoms with Gasteiger partial charge in [-0.2, -0.15) is 0 Å². The van der Waals surface area contributed by atoms with Gasteiger partial charge in [0.2, 0.25) is 0 Å². The molecule has 0 aromatic carbocycles. The molecule has 0 spiro atoms. The third kappa shape index (κ3) is 2.20. The second kappa shape index (κ2) is 5.33. The Morgan fingerprint density at radius 2 is 2.29 bits per heavy atom. The van der Waals surface area contributed by atoms with E-state index in [1.165, 1.54) is 22.1 Å². The predicted octanol–water partition coefficient (Wildman–Crippen LogP) is -1.61. The number of β-lactam (4-membered cyclic amide) rings is 1. The van der Waals surface area contributed by atoms with Crippen molar-refractivity contribution in [1.29, 1.82) is 0 Å². The topological polar surface area (TPSA) is 73.6 Å². The van der Waals surface area contributed by atoms with Crippen molar-refractivity contribution >= 4 is 51.3 Å². The van der Waals surface area contributed by atoms with Gasteiger partial charge in [0.15, 0.2) is 0 Å². The molecule has 1 amide bonds. The Morgan fingerprint density at radius 1 is 1.48 bits per heavy atom. The van der Waals surface area contributed by atoms with Crippen molar-refractivity contribution in [2.45, 2.75) is 5.37 Å². The SMILES string of the molecule is O=C([O-])C1=CS[C@@H]2/C(=C/c3cc4sccc4o3)C(=O)N12.[Na+]. The standard InChI is InChI=1S/C13H7NO4S2.Na/c15-11-7(12-14(11)8(5-20-12)13(16)17)3-6-4-10-9(18-6)1-2-19-10;/h1-5,12H,(H,16,17);/q;+1/p-1/b7-3+;/t12-;/m1./s1. The minimum absolute atomic E-state index is 0. The number of thioether (sulfide) groups is 1. The molecule has 5 nitrogen and oxygen atoms in total. The predicted molar refractivity (Wildman–Crippen MR) is 73.4 cm³/mol. The Bertz CT molecular complexity index is 791.